The van der Waals surface area contributed by atoms with Crippen LogP contribution in [0.3, 0.4) is 0 Å². The van der Waals surface area contributed by atoms with E-state index in [1.165, 1.54) is 0 Å². The molecule has 2 aromatic heterocycles. The van der Waals surface area contributed by atoms with E-state index in [0.29, 0.717) is 21.4 Å². The van der Waals surface area contributed by atoms with E-state index >= 15 is 0 Å². The Morgan fingerprint density at radius 2 is 1.97 bits per heavy atom. The lowest BCUT2D eigenvalue weighted by Crippen LogP contribution is -2.16. The Kier molecular flexibility index (Phi) is 5.38. The molecule has 0 saturated heterocycles. The molecule has 0 bridgehead atoms. The molecule has 0 aliphatic carbocycles. The first-order valence-corrected chi connectivity index (χ1v) is 9.59. The fraction of sp³-hybridized carbons (Fsp3) is 0.0952. The second-order valence-corrected chi connectivity index (χ2v) is 7.24. The van der Waals surface area contributed by atoms with Crippen LogP contribution in [-0.4, -0.2) is 25.6 Å². The molecule has 0 amide bonds. The first kappa shape index (κ1) is 19.2. The van der Waals surface area contributed by atoms with Gasteiger partial charge in [0.25, 0.3) is 0 Å². The number of benzene rings is 2. The standard InChI is InChI=1S/C21H16Cl2N4O2/c22-15-7-6-14-17(27-9-8-24-12-27)11-18(26-21(14)20(15)23)25-16(10-19(28)29)13-4-2-1-3-5-13/h1-9,11-12,16H,10H2,(H,25,26)(H,28,29)/t16-/m1/s1. The van der Waals surface area contributed by atoms with Crippen molar-refractivity contribution in [2.45, 2.75) is 12.5 Å². The molecular weight excluding hydrogens is 411 g/mol. The summed E-state index contributed by atoms with van der Waals surface area (Å²) in [6, 6.07) is 14.3. The second-order valence-electron chi connectivity index (χ2n) is 6.46. The molecule has 29 heavy (non-hydrogen) atoms. The molecule has 8 heteroatoms. The number of carboxylic acid groups (broad SMARTS) is 1. The summed E-state index contributed by atoms with van der Waals surface area (Å²) < 4.78 is 1.84. The fourth-order valence-corrected chi connectivity index (χ4v) is 3.56. The number of hydrogen-bond donors (Lipinski definition) is 2. The maximum absolute atomic E-state index is 11.4. The zero-order valence-electron chi connectivity index (χ0n) is 15.1. The van der Waals surface area contributed by atoms with Crippen LogP contribution in [0.1, 0.15) is 18.0 Å². The Hall–Kier alpha value is -3.09. The van der Waals surface area contributed by atoms with Gasteiger partial charge < -0.3 is 15.0 Å². The molecule has 0 aliphatic heterocycles. The van der Waals surface area contributed by atoms with Gasteiger partial charge in [-0.15, -0.1) is 0 Å². The van der Waals surface area contributed by atoms with Crippen molar-refractivity contribution in [2.24, 2.45) is 0 Å². The molecule has 0 radical (unpaired) electrons. The van der Waals surface area contributed by atoms with Gasteiger partial charge in [0, 0.05) is 23.8 Å². The van der Waals surface area contributed by atoms with Crippen molar-refractivity contribution in [3.05, 3.63) is 82.9 Å². The molecule has 2 heterocycles. The minimum Gasteiger partial charge on any atom is -0.481 e. The summed E-state index contributed by atoms with van der Waals surface area (Å²) in [4.78, 5) is 20.2. The largest absolute Gasteiger partial charge is 0.481 e. The summed E-state index contributed by atoms with van der Waals surface area (Å²) in [7, 11) is 0. The molecule has 0 aliphatic rings. The number of pyridine rings is 1. The van der Waals surface area contributed by atoms with E-state index in [9.17, 15) is 9.90 Å². The van der Waals surface area contributed by atoms with E-state index < -0.39 is 12.0 Å². The number of aromatic nitrogens is 3. The number of rotatable bonds is 6. The molecular formula is C21H16Cl2N4O2. The number of aliphatic carboxylic acids is 1. The van der Waals surface area contributed by atoms with E-state index in [1.807, 2.05) is 53.2 Å². The summed E-state index contributed by atoms with van der Waals surface area (Å²) in [5.74, 6) is -0.427. The molecule has 146 valence electrons. The number of carbonyl (C=O) groups is 1. The van der Waals surface area contributed by atoms with Crippen LogP contribution >= 0.6 is 23.2 Å². The third-order valence-electron chi connectivity index (χ3n) is 4.54. The van der Waals surface area contributed by atoms with Gasteiger partial charge in [0.2, 0.25) is 0 Å². The monoisotopic (exact) mass is 426 g/mol. The van der Waals surface area contributed by atoms with Crippen LogP contribution in [0, 0.1) is 0 Å². The molecule has 0 unspecified atom stereocenters. The predicted octanol–water partition coefficient (Wildman–Crippen LogP) is 5.36. The van der Waals surface area contributed by atoms with Crippen LogP contribution in [-0.2, 0) is 4.79 Å². The maximum atomic E-state index is 11.4. The van der Waals surface area contributed by atoms with Crippen molar-refractivity contribution >= 4 is 45.9 Å². The molecule has 0 fully saturated rings. The van der Waals surface area contributed by atoms with Gasteiger partial charge in [-0.2, -0.15) is 0 Å². The fourth-order valence-electron chi connectivity index (χ4n) is 3.20. The third kappa shape index (κ3) is 4.04. The van der Waals surface area contributed by atoms with E-state index in [4.69, 9.17) is 23.2 Å². The van der Waals surface area contributed by atoms with Gasteiger partial charge in [-0.3, -0.25) is 4.79 Å². The van der Waals surface area contributed by atoms with Crippen molar-refractivity contribution in [1.29, 1.82) is 0 Å². The highest BCUT2D eigenvalue weighted by molar-refractivity contribution is 6.45. The Morgan fingerprint density at radius 1 is 1.17 bits per heavy atom. The average Bonchev–Trinajstić information content (AvgIpc) is 3.25. The molecule has 6 nitrogen and oxygen atoms in total. The Morgan fingerprint density at radius 3 is 2.66 bits per heavy atom. The number of fused-ring (bicyclic) bond motifs is 1. The quantitative estimate of drug-likeness (QED) is 0.433. The summed E-state index contributed by atoms with van der Waals surface area (Å²) >= 11 is 12.6. The molecule has 0 spiro atoms. The first-order valence-electron chi connectivity index (χ1n) is 8.83. The number of imidazole rings is 1. The Bertz CT molecular complexity index is 1160. The van der Waals surface area contributed by atoms with Crippen LogP contribution in [0.4, 0.5) is 5.82 Å². The lowest BCUT2D eigenvalue weighted by molar-refractivity contribution is -0.137. The van der Waals surface area contributed by atoms with Crippen molar-refractivity contribution in [3.8, 4) is 5.69 Å². The van der Waals surface area contributed by atoms with Gasteiger partial charge in [0.05, 0.1) is 40.0 Å². The van der Waals surface area contributed by atoms with Gasteiger partial charge in [-0.25, -0.2) is 9.97 Å². The average molecular weight is 427 g/mol. The summed E-state index contributed by atoms with van der Waals surface area (Å²) in [5, 5.41) is 14.1. The van der Waals surface area contributed by atoms with Crippen LogP contribution in [0.2, 0.25) is 10.0 Å². The lowest BCUT2D eigenvalue weighted by atomic mass is 10.0. The van der Waals surface area contributed by atoms with E-state index in [1.54, 1.807) is 18.6 Å². The summed E-state index contributed by atoms with van der Waals surface area (Å²) in [5.41, 5.74) is 2.17. The Balaban J connectivity index is 1.84. The number of hydrogen-bond acceptors (Lipinski definition) is 4. The van der Waals surface area contributed by atoms with E-state index in [-0.39, 0.29) is 6.42 Å². The minimum absolute atomic E-state index is 0.104. The van der Waals surface area contributed by atoms with E-state index in [2.05, 4.69) is 15.3 Å². The molecule has 2 aromatic carbocycles. The molecule has 0 saturated carbocycles. The van der Waals surface area contributed by atoms with E-state index in [0.717, 1.165) is 16.6 Å². The van der Waals surface area contributed by atoms with Gasteiger partial charge in [0.1, 0.15) is 5.82 Å². The third-order valence-corrected chi connectivity index (χ3v) is 5.33. The van der Waals surface area contributed by atoms with Crippen LogP contribution < -0.4 is 5.32 Å². The van der Waals surface area contributed by atoms with Gasteiger partial charge in [0.15, 0.2) is 0 Å². The molecule has 4 rings (SSSR count). The molecule has 2 N–H and O–H groups in total. The minimum atomic E-state index is -0.914. The van der Waals surface area contributed by atoms with Crippen molar-refractivity contribution in [1.82, 2.24) is 14.5 Å². The van der Waals surface area contributed by atoms with Crippen molar-refractivity contribution in [3.63, 3.8) is 0 Å². The predicted molar refractivity (Wildman–Crippen MR) is 114 cm³/mol. The maximum Gasteiger partial charge on any atom is 0.305 e. The summed E-state index contributed by atoms with van der Waals surface area (Å²) in [6.07, 6.45) is 5.06. The number of nitrogens with zero attached hydrogens (tertiary/aromatic N) is 3. The number of anilines is 1. The normalized spacial score (nSPS) is 12.1. The number of halogens is 2. The lowest BCUT2D eigenvalue weighted by Gasteiger charge is -2.20. The van der Waals surface area contributed by atoms with Crippen LogP contribution in [0.5, 0.6) is 0 Å². The topological polar surface area (TPSA) is 80.0 Å². The Labute approximate surface area is 176 Å². The zero-order chi connectivity index (χ0) is 20.4. The van der Waals surface area contributed by atoms with Crippen LogP contribution in [0.25, 0.3) is 16.6 Å². The van der Waals surface area contributed by atoms with Crippen LogP contribution in [0.15, 0.2) is 67.3 Å². The van der Waals surface area contributed by atoms with Crippen molar-refractivity contribution < 1.29 is 9.90 Å². The first-order chi connectivity index (χ1) is 14.0. The van der Waals surface area contributed by atoms with Gasteiger partial charge >= 0.3 is 5.97 Å². The molecule has 4 aromatic rings. The SMILES string of the molecule is O=C(O)C[C@@H](Nc1cc(-n2ccnc2)c2ccc(Cl)c(Cl)c2n1)c1ccccc1. The number of nitrogens with one attached hydrogen (secondary N) is 1. The highest BCUT2D eigenvalue weighted by atomic mass is 35.5. The molecule has 1 atom stereocenters. The zero-order valence-corrected chi connectivity index (χ0v) is 16.6. The highest BCUT2D eigenvalue weighted by Gasteiger charge is 2.18. The summed E-state index contributed by atoms with van der Waals surface area (Å²) in [6.45, 7) is 0. The van der Waals surface area contributed by atoms with Gasteiger partial charge in [-0.05, 0) is 17.7 Å². The number of carboxylic acids is 1. The smallest absolute Gasteiger partial charge is 0.305 e. The van der Waals surface area contributed by atoms with Crippen molar-refractivity contribution in [2.75, 3.05) is 5.32 Å². The highest BCUT2D eigenvalue weighted by Crippen LogP contribution is 2.35. The second kappa shape index (κ2) is 8.11. The van der Waals surface area contributed by atoms with Gasteiger partial charge in [-0.1, -0.05) is 53.5 Å².